The fourth-order valence-corrected chi connectivity index (χ4v) is 3.03. The van der Waals surface area contributed by atoms with Gasteiger partial charge in [-0.2, -0.15) is 0 Å². The molecular weight excluding hydrogens is 292 g/mol. The lowest BCUT2D eigenvalue weighted by atomic mass is 10.3. The molecular formula is C11H19ClN2O4S. The van der Waals surface area contributed by atoms with Crippen LogP contribution in [0.25, 0.3) is 0 Å². The van der Waals surface area contributed by atoms with E-state index in [0.29, 0.717) is 0 Å². The largest absolute Gasteiger partial charge is 0.495 e. The van der Waals surface area contributed by atoms with Crippen LogP contribution in [0.4, 0.5) is 0 Å². The lowest BCUT2D eigenvalue weighted by molar-refractivity contribution is 0.372. The van der Waals surface area contributed by atoms with Gasteiger partial charge in [-0.3, -0.25) is 0 Å². The zero-order valence-corrected chi connectivity index (χ0v) is 12.7. The van der Waals surface area contributed by atoms with Crippen LogP contribution in [0, 0.1) is 0 Å². The van der Waals surface area contributed by atoms with Crippen molar-refractivity contribution in [1.82, 2.24) is 4.72 Å². The molecule has 0 bridgehead atoms. The van der Waals surface area contributed by atoms with Gasteiger partial charge in [-0.1, -0.05) is 6.07 Å². The van der Waals surface area contributed by atoms with Crippen LogP contribution in [0.2, 0.25) is 0 Å². The van der Waals surface area contributed by atoms with Crippen molar-refractivity contribution >= 4 is 22.4 Å². The number of sulfonamides is 1. The average Bonchev–Trinajstić information content (AvgIpc) is 2.36. The molecule has 0 unspecified atom stereocenters. The smallest absolute Gasteiger partial charge is 0.248 e. The minimum absolute atomic E-state index is 0. The predicted octanol–water partition coefficient (Wildman–Crippen LogP) is 0.751. The highest BCUT2D eigenvalue weighted by Crippen LogP contribution is 2.32. The second kappa shape index (κ2) is 7.54. The van der Waals surface area contributed by atoms with E-state index in [4.69, 9.17) is 15.2 Å². The lowest BCUT2D eigenvalue weighted by Gasteiger charge is -2.16. The molecule has 110 valence electrons. The van der Waals surface area contributed by atoms with Crippen LogP contribution in [0.1, 0.15) is 6.92 Å². The third-order valence-corrected chi connectivity index (χ3v) is 4.01. The SMILES string of the molecule is COc1cccc(OC)c1S(=O)(=O)N[C@@H](C)CN.Cl. The van der Waals surface area contributed by atoms with Gasteiger partial charge in [-0.05, 0) is 19.1 Å². The summed E-state index contributed by atoms with van der Waals surface area (Å²) in [5, 5.41) is 0. The fraction of sp³-hybridized carbons (Fsp3) is 0.455. The van der Waals surface area contributed by atoms with E-state index in [9.17, 15) is 8.42 Å². The van der Waals surface area contributed by atoms with Crippen molar-refractivity contribution in [2.75, 3.05) is 20.8 Å². The van der Waals surface area contributed by atoms with Crippen LogP contribution in [0.5, 0.6) is 11.5 Å². The Morgan fingerprint density at radius 1 is 1.26 bits per heavy atom. The van der Waals surface area contributed by atoms with E-state index in [0.717, 1.165) is 0 Å². The summed E-state index contributed by atoms with van der Waals surface area (Å²) in [5.74, 6) is 0.456. The van der Waals surface area contributed by atoms with Crippen molar-refractivity contribution in [3.05, 3.63) is 18.2 Å². The molecule has 0 aliphatic heterocycles. The number of hydrogen-bond acceptors (Lipinski definition) is 5. The molecule has 0 amide bonds. The third-order valence-electron chi connectivity index (χ3n) is 2.36. The molecule has 19 heavy (non-hydrogen) atoms. The zero-order chi connectivity index (χ0) is 13.8. The standard InChI is InChI=1S/C11H18N2O4S.ClH/c1-8(7-12)13-18(14,15)11-9(16-2)5-4-6-10(11)17-3;/h4-6,8,13H,7,12H2,1-3H3;1H/t8-;/m0./s1. The summed E-state index contributed by atoms with van der Waals surface area (Å²) in [6, 6.07) is 4.40. The molecule has 3 N–H and O–H groups in total. The summed E-state index contributed by atoms with van der Waals surface area (Å²) in [5.41, 5.74) is 5.41. The highest BCUT2D eigenvalue weighted by molar-refractivity contribution is 7.89. The molecule has 1 rings (SSSR count). The molecule has 0 aliphatic rings. The minimum Gasteiger partial charge on any atom is -0.495 e. The second-order valence-corrected chi connectivity index (χ2v) is 5.40. The Morgan fingerprint density at radius 3 is 2.11 bits per heavy atom. The first-order chi connectivity index (χ1) is 8.46. The maximum Gasteiger partial charge on any atom is 0.248 e. The van der Waals surface area contributed by atoms with Gasteiger partial charge in [0.15, 0.2) is 4.90 Å². The number of halogens is 1. The molecule has 1 aromatic carbocycles. The monoisotopic (exact) mass is 310 g/mol. The van der Waals surface area contributed by atoms with E-state index in [1.54, 1.807) is 25.1 Å². The number of hydrogen-bond donors (Lipinski definition) is 2. The van der Waals surface area contributed by atoms with E-state index in [1.165, 1.54) is 14.2 Å². The highest BCUT2D eigenvalue weighted by atomic mass is 35.5. The normalized spacial score (nSPS) is 12.4. The van der Waals surface area contributed by atoms with Crippen LogP contribution in [0.15, 0.2) is 23.1 Å². The number of nitrogens with one attached hydrogen (secondary N) is 1. The Morgan fingerprint density at radius 2 is 1.74 bits per heavy atom. The van der Waals surface area contributed by atoms with Gasteiger partial charge in [0.05, 0.1) is 14.2 Å². The van der Waals surface area contributed by atoms with Crippen molar-refractivity contribution in [1.29, 1.82) is 0 Å². The topological polar surface area (TPSA) is 90.6 Å². The quantitative estimate of drug-likeness (QED) is 0.809. The third kappa shape index (κ3) is 4.24. The summed E-state index contributed by atoms with van der Waals surface area (Å²) in [4.78, 5) is -0.0182. The predicted molar refractivity (Wildman–Crippen MR) is 75.6 cm³/mol. The summed E-state index contributed by atoms with van der Waals surface area (Å²) >= 11 is 0. The molecule has 0 fully saturated rings. The van der Waals surface area contributed by atoms with E-state index in [-0.39, 0.29) is 41.4 Å². The van der Waals surface area contributed by atoms with Crippen molar-refractivity contribution in [3.8, 4) is 11.5 Å². The van der Waals surface area contributed by atoms with Crippen LogP contribution in [-0.4, -0.2) is 35.2 Å². The number of benzene rings is 1. The molecule has 0 saturated heterocycles. The van der Waals surface area contributed by atoms with Crippen molar-refractivity contribution < 1.29 is 17.9 Å². The number of nitrogens with two attached hydrogens (primary N) is 1. The van der Waals surface area contributed by atoms with Gasteiger partial charge < -0.3 is 15.2 Å². The summed E-state index contributed by atoms with van der Waals surface area (Å²) in [6.07, 6.45) is 0. The molecule has 6 nitrogen and oxygen atoms in total. The van der Waals surface area contributed by atoms with Gasteiger partial charge >= 0.3 is 0 Å². The zero-order valence-electron chi connectivity index (χ0n) is 11.0. The Balaban J connectivity index is 0.00000324. The molecule has 0 saturated carbocycles. The maximum atomic E-state index is 12.2. The first kappa shape index (κ1) is 18.0. The Hall–Kier alpha value is -1.02. The van der Waals surface area contributed by atoms with Gasteiger partial charge in [0.2, 0.25) is 10.0 Å². The van der Waals surface area contributed by atoms with Crippen LogP contribution in [0.3, 0.4) is 0 Å². The fourth-order valence-electron chi connectivity index (χ4n) is 1.45. The number of methoxy groups -OCH3 is 2. The number of rotatable bonds is 6. The van der Waals surface area contributed by atoms with Gasteiger partial charge in [0.1, 0.15) is 11.5 Å². The Labute approximate surface area is 119 Å². The summed E-state index contributed by atoms with van der Waals surface area (Å²) in [7, 11) is -0.931. The first-order valence-corrected chi connectivity index (χ1v) is 6.88. The maximum absolute atomic E-state index is 12.2. The molecule has 8 heteroatoms. The van der Waals surface area contributed by atoms with Crippen molar-refractivity contribution in [2.45, 2.75) is 17.9 Å². The molecule has 0 spiro atoms. The van der Waals surface area contributed by atoms with Crippen molar-refractivity contribution in [3.63, 3.8) is 0 Å². The summed E-state index contributed by atoms with van der Waals surface area (Å²) in [6.45, 7) is 1.89. The van der Waals surface area contributed by atoms with E-state index in [2.05, 4.69) is 4.72 Å². The molecule has 0 radical (unpaired) electrons. The Bertz CT molecular complexity index is 485. The van der Waals surface area contributed by atoms with Gasteiger partial charge in [-0.25, -0.2) is 13.1 Å². The van der Waals surface area contributed by atoms with Crippen LogP contribution in [-0.2, 0) is 10.0 Å². The number of ether oxygens (including phenoxy) is 2. The molecule has 0 heterocycles. The second-order valence-electron chi connectivity index (χ2n) is 3.75. The van der Waals surface area contributed by atoms with E-state index < -0.39 is 10.0 Å². The molecule has 1 atom stereocenters. The first-order valence-electron chi connectivity index (χ1n) is 5.39. The average molecular weight is 311 g/mol. The molecule has 0 aromatic heterocycles. The highest BCUT2D eigenvalue weighted by Gasteiger charge is 2.25. The van der Waals surface area contributed by atoms with E-state index in [1.807, 2.05) is 0 Å². The molecule has 0 aliphatic carbocycles. The van der Waals surface area contributed by atoms with Gasteiger partial charge in [0.25, 0.3) is 0 Å². The summed E-state index contributed by atoms with van der Waals surface area (Å²) < 4.78 is 37.0. The van der Waals surface area contributed by atoms with Gasteiger partial charge in [0, 0.05) is 12.6 Å². The Kier molecular flexibility index (Phi) is 7.14. The minimum atomic E-state index is -3.74. The van der Waals surface area contributed by atoms with Crippen LogP contribution < -0.4 is 19.9 Å². The lowest BCUT2D eigenvalue weighted by Crippen LogP contribution is -2.38. The van der Waals surface area contributed by atoms with Gasteiger partial charge in [-0.15, -0.1) is 12.4 Å². The van der Waals surface area contributed by atoms with Crippen molar-refractivity contribution in [2.24, 2.45) is 5.73 Å². The van der Waals surface area contributed by atoms with Crippen LogP contribution >= 0.6 is 12.4 Å². The van der Waals surface area contributed by atoms with E-state index >= 15 is 0 Å². The molecule has 1 aromatic rings.